The van der Waals surface area contributed by atoms with E-state index in [9.17, 15) is 0 Å². The molecule has 1 N–H and O–H groups in total. The van der Waals surface area contributed by atoms with Gasteiger partial charge in [-0.05, 0) is 45.5 Å². The molecule has 6 nitrogen and oxygen atoms in total. The number of hydrogen-bond donors (Lipinski definition) is 1. The molecule has 3 rings (SSSR count). The molecule has 2 aliphatic heterocycles. The van der Waals surface area contributed by atoms with Gasteiger partial charge in [0.1, 0.15) is 0 Å². The van der Waals surface area contributed by atoms with Crippen molar-refractivity contribution in [1.82, 2.24) is 24.7 Å². The van der Waals surface area contributed by atoms with Gasteiger partial charge in [0.15, 0.2) is 5.96 Å². The van der Waals surface area contributed by atoms with Crippen molar-refractivity contribution < 1.29 is 0 Å². The lowest BCUT2D eigenvalue weighted by atomic mass is 9.93. The predicted molar refractivity (Wildman–Crippen MR) is 126 cm³/mol. The van der Waals surface area contributed by atoms with E-state index in [1.165, 1.54) is 24.3 Å². The summed E-state index contributed by atoms with van der Waals surface area (Å²) in [5, 5.41) is 3.54. The maximum Gasteiger partial charge on any atom is 0.194 e. The number of likely N-dealkylation sites (N-methyl/N-ethyl adjacent to an activating group) is 1. The van der Waals surface area contributed by atoms with Crippen molar-refractivity contribution in [2.45, 2.75) is 38.3 Å². The average Bonchev–Trinajstić information content (AvgIpc) is 3.31. The maximum absolute atomic E-state index is 5.10. The van der Waals surface area contributed by atoms with Crippen LogP contribution < -0.4 is 5.32 Å². The van der Waals surface area contributed by atoms with Gasteiger partial charge in [-0.15, -0.1) is 24.0 Å². The van der Waals surface area contributed by atoms with Crippen LogP contribution in [-0.4, -0.2) is 82.6 Å². The van der Waals surface area contributed by atoms with Gasteiger partial charge in [0.2, 0.25) is 0 Å². The molecule has 3 heterocycles. The van der Waals surface area contributed by atoms with E-state index >= 15 is 0 Å². The standard InChI is InChI=1S/C19H34N6S.HI/c1-5-21-18(22-13-19(23(3)4)7-11-26-14-19)24-9-6-16(2)17(12-24)25-10-8-20-15-25;/h8,10,15-17H,5-7,9,11-14H2,1-4H3,(H,21,22);1H. The van der Waals surface area contributed by atoms with Crippen LogP contribution in [0.15, 0.2) is 23.7 Å². The fraction of sp³-hybridized carbons (Fsp3) is 0.789. The second-order valence-electron chi connectivity index (χ2n) is 7.88. The number of guanidine groups is 1. The van der Waals surface area contributed by atoms with Crippen molar-refractivity contribution in [2.24, 2.45) is 10.9 Å². The molecule has 8 heteroatoms. The van der Waals surface area contributed by atoms with E-state index in [1.807, 2.05) is 12.5 Å². The number of aromatic nitrogens is 2. The molecule has 2 saturated heterocycles. The van der Waals surface area contributed by atoms with Gasteiger partial charge in [-0.2, -0.15) is 11.8 Å². The van der Waals surface area contributed by atoms with Crippen LogP contribution in [0.3, 0.4) is 0 Å². The van der Waals surface area contributed by atoms with Crippen molar-refractivity contribution in [3.8, 4) is 0 Å². The highest BCUT2D eigenvalue weighted by atomic mass is 127. The Hall–Kier alpha value is -0.480. The lowest BCUT2D eigenvalue weighted by molar-refractivity contribution is 0.180. The summed E-state index contributed by atoms with van der Waals surface area (Å²) in [6.45, 7) is 8.35. The first-order valence-electron chi connectivity index (χ1n) is 9.81. The Morgan fingerprint density at radius 1 is 1.44 bits per heavy atom. The van der Waals surface area contributed by atoms with Crippen molar-refractivity contribution in [2.75, 3.05) is 51.8 Å². The third-order valence-corrected chi connectivity index (χ3v) is 7.25. The minimum Gasteiger partial charge on any atom is -0.357 e. The van der Waals surface area contributed by atoms with Crippen LogP contribution in [0.4, 0.5) is 0 Å². The first-order chi connectivity index (χ1) is 12.6. The van der Waals surface area contributed by atoms with Crippen LogP contribution in [0, 0.1) is 5.92 Å². The Balaban J connectivity index is 0.00000261. The fourth-order valence-electron chi connectivity index (χ4n) is 3.96. The molecule has 1 aromatic heterocycles. The zero-order valence-electron chi connectivity index (χ0n) is 17.1. The zero-order chi connectivity index (χ0) is 18.6. The lowest BCUT2D eigenvalue weighted by Crippen LogP contribution is -2.51. The molecule has 0 spiro atoms. The van der Waals surface area contributed by atoms with E-state index in [-0.39, 0.29) is 29.5 Å². The molecule has 2 aliphatic rings. The van der Waals surface area contributed by atoms with Gasteiger partial charge < -0.3 is 19.7 Å². The molecule has 0 saturated carbocycles. The molecule has 0 bridgehead atoms. The van der Waals surface area contributed by atoms with Crippen molar-refractivity contribution in [3.63, 3.8) is 0 Å². The molecule has 27 heavy (non-hydrogen) atoms. The van der Waals surface area contributed by atoms with E-state index in [0.29, 0.717) is 12.0 Å². The Labute approximate surface area is 185 Å². The van der Waals surface area contributed by atoms with Crippen molar-refractivity contribution in [1.29, 1.82) is 0 Å². The number of nitrogens with one attached hydrogen (secondary N) is 1. The van der Waals surface area contributed by atoms with Gasteiger partial charge in [-0.1, -0.05) is 6.92 Å². The van der Waals surface area contributed by atoms with Crippen LogP contribution >= 0.6 is 35.7 Å². The summed E-state index contributed by atoms with van der Waals surface area (Å²) in [4.78, 5) is 14.2. The molecule has 154 valence electrons. The summed E-state index contributed by atoms with van der Waals surface area (Å²) in [6, 6.07) is 0.458. The minimum absolute atomic E-state index is 0. The Kier molecular flexibility index (Phi) is 8.73. The summed E-state index contributed by atoms with van der Waals surface area (Å²) in [5.74, 6) is 4.15. The first kappa shape index (κ1) is 22.8. The van der Waals surface area contributed by atoms with Gasteiger partial charge in [0, 0.05) is 43.3 Å². The Morgan fingerprint density at radius 3 is 2.85 bits per heavy atom. The number of halogens is 1. The van der Waals surface area contributed by atoms with E-state index in [0.717, 1.165) is 32.1 Å². The average molecular weight is 507 g/mol. The van der Waals surface area contributed by atoms with Gasteiger partial charge in [-0.25, -0.2) is 4.98 Å². The van der Waals surface area contributed by atoms with Crippen LogP contribution in [0.5, 0.6) is 0 Å². The predicted octanol–water partition coefficient (Wildman–Crippen LogP) is 2.79. The molecule has 0 amide bonds. The molecule has 3 unspecified atom stereocenters. The lowest BCUT2D eigenvalue weighted by Gasteiger charge is -2.40. The third-order valence-electron chi connectivity index (χ3n) is 6.02. The number of piperidine rings is 1. The zero-order valence-corrected chi connectivity index (χ0v) is 20.2. The SMILES string of the molecule is CCNC(=NCC1(N(C)C)CCSC1)N1CCC(C)C(n2ccnc2)C1.I. The topological polar surface area (TPSA) is 48.7 Å². The normalized spacial score (nSPS) is 29.1. The Morgan fingerprint density at radius 2 is 2.26 bits per heavy atom. The van der Waals surface area contributed by atoms with E-state index in [2.05, 4.69) is 70.6 Å². The second-order valence-corrected chi connectivity index (χ2v) is 8.99. The van der Waals surface area contributed by atoms with Crippen molar-refractivity contribution in [3.05, 3.63) is 18.7 Å². The fourth-order valence-corrected chi connectivity index (χ4v) is 5.50. The minimum atomic E-state index is 0. The van der Waals surface area contributed by atoms with Gasteiger partial charge in [0.05, 0.1) is 18.9 Å². The number of hydrogen-bond acceptors (Lipinski definition) is 4. The highest BCUT2D eigenvalue weighted by molar-refractivity contribution is 14.0. The van der Waals surface area contributed by atoms with E-state index < -0.39 is 0 Å². The summed E-state index contributed by atoms with van der Waals surface area (Å²) in [6.07, 6.45) is 8.32. The number of imidazole rings is 1. The molecule has 3 atom stereocenters. The van der Waals surface area contributed by atoms with Crippen LogP contribution in [-0.2, 0) is 0 Å². The van der Waals surface area contributed by atoms with Crippen LogP contribution in [0.2, 0.25) is 0 Å². The number of aliphatic imine (C=N–C) groups is 1. The van der Waals surface area contributed by atoms with Gasteiger partial charge in [-0.3, -0.25) is 4.99 Å². The van der Waals surface area contributed by atoms with Gasteiger partial charge >= 0.3 is 0 Å². The smallest absolute Gasteiger partial charge is 0.194 e. The number of thioether (sulfide) groups is 1. The van der Waals surface area contributed by atoms with Gasteiger partial charge in [0.25, 0.3) is 0 Å². The monoisotopic (exact) mass is 506 g/mol. The van der Waals surface area contributed by atoms with E-state index in [1.54, 1.807) is 0 Å². The van der Waals surface area contributed by atoms with E-state index in [4.69, 9.17) is 4.99 Å². The first-order valence-corrected chi connectivity index (χ1v) is 11.0. The van der Waals surface area contributed by atoms with Crippen LogP contribution in [0.1, 0.15) is 32.7 Å². The molecule has 1 aromatic rings. The van der Waals surface area contributed by atoms with Crippen LogP contribution in [0.25, 0.3) is 0 Å². The Bertz CT molecular complexity index is 585. The molecular weight excluding hydrogens is 471 g/mol. The summed E-state index contributed by atoms with van der Waals surface area (Å²) < 4.78 is 2.26. The summed E-state index contributed by atoms with van der Waals surface area (Å²) in [5.41, 5.74) is 0.207. The molecule has 0 radical (unpaired) electrons. The highest BCUT2D eigenvalue weighted by Gasteiger charge is 2.37. The van der Waals surface area contributed by atoms with Crippen molar-refractivity contribution >= 4 is 41.7 Å². The molecule has 2 fully saturated rings. The summed E-state index contributed by atoms with van der Waals surface area (Å²) >= 11 is 2.05. The quantitative estimate of drug-likeness (QED) is 0.378. The summed E-state index contributed by atoms with van der Waals surface area (Å²) in [7, 11) is 4.40. The second kappa shape index (κ2) is 10.3. The highest BCUT2D eigenvalue weighted by Crippen LogP contribution is 2.32. The third kappa shape index (κ3) is 5.32. The molecular formula is C19H35IN6S. The molecule has 0 aliphatic carbocycles. The molecule has 0 aromatic carbocycles. The number of likely N-dealkylation sites (tertiary alicyclic amines) is 1. The maximum atomic E-state index is 5.10. The largest absolute Gasteiger partial charge is 0.357 e. The number of nitrogens with zero attached hydrogens (tertiary/aromatic N) is 5. The number of rotatable bonds is 5.